The Kier molecular flexibility index (Phi) is 6.74. The van der Waals surface area contributed by atoms with Crippen molar-refractivity contribution in [3.05, 3.63) is 29.8 Å². The number of ether oxygens (including phenoxy) is 1. The highest BCUT2D eigenvalue weighted by Crippen LogP contribution is 2.21. The molecule has 1 aliphatic heterocycles. The molecule has 1 heterocycles. The normalized spacial score (nSPS) is 14.4. The van der Waals surface area contributed by atoms with Crippen LogP contribution in [0.4, 0.5) is 5.69 Å². The summed E-state index contributed by atoms with van der Waals surface area (Å²) < 4.78 is 5.51. The first kappa shape index (κ1) is 19.9. The van der Waals surface area contributed by atoms with E-state index in [1.54, 1.807) is 29.2 Å². The lowest BCUT2D eigenvalue weighted by Gasteiger charge is -2.24. The predicted molar refractivity (Wildman–Crippen MR) is 99.1 cm³/mol. The van der Waals surface area contributed by atoms with Gasteiger partial charge in [0.15, 0.2) is 0 Å². The third-order valence-electron chi connectivity index (χ3n) is 4.17. The van der Waals surface area contributed by atoms with Gasteiger partial charge in [-0.25, -0.2) is 0 Å². The molecule has 0 aliphatic carbocycles. The van der Waals surface area contributed by atoms with Gasteiger partial charge in [0.1, 0.15) is 0 Å². The maximum atomic E-state index is 12.2. The lowest BCUT2D eigenvalue weighted by Crippen LogP contribution is -2.44. The molecule has 1 fully saturated rings. The van der Waals surface area contributed by atoms with E-state index in [1.165, 1.54) is 0 Å². The number of carbonyl (C=O) groups is 3. The Balaban J connectivity index is 1.80. The van der Waals surface area contributed by atoms with Crippen molar-refractivity contribution in [2.45, 2.75) is 39.2 Å². The second-order valence-corrected chi connectivity index (χ2v) is 6.85. The summed E-state index contributed by atoms with van der Waals surface area (Å²) in [6, 6.07) is 6.82. The van der Waals surface area contributed by atoms with E-state index in [0.717, 1.165) is 12.1 Å². The van der Waals surface area contributed by atoms with Crippen molar-refractivity contribution in [1.82, 2.24) is 10.6 Å². The number of hydrogen-bond acceptors (Lipinski definition) is 4. The summed E-state index contributed by atoms with van der Waals surface area (Å²) in [7, 11) is 0. The van der Waals surface area contributed by atoms with E-state index in [-0.39, 0.29) is 24.3 Å². The Morgan fingerprint density at radius 3 is 2.46 bits per heavy atom. The number of carbonyl (C=O) groups excluding carboxylic acids is 3. The second-order valence-electron chi connectivity index (χ2n) is 6.85. The lowest BCUT2D eigenvalue weighted by molar-refractivity contribution is -0.121. The molecule has 1 aromatic rings. The van der Waals surface area contributed by atoms with Crippen LogP contribution in [0.25, 0.3) is 0 Å². The van der Waals surface area contributed by atoms with E-state index < -0.39 is 5.60 Å². The third kappa shape index (κ3) is 5.56. The molecule has 1 aromatic carbocycles. The summed E-state index contributed by atoms with van der Waals surface area (Å²) in [5, 5.41) is 5.34. The fourth-order valence-corrected chi connectivity index (χ4v) is 2.79. The molecule has 0 aromatic heterocycles. The first-order chi connectivity index (χ1) is 12.3. The molecular weight excluding hydrogens is 334 g/mol. The van der Waals surface area contributed by atoms with Gasteiger partial charge in [-0.05, 0) is 51.5 Å². The number of rotatable bonds is 8. The summed E-state index contributed by atoms with van der Waals surface area (Å²) >= 11 is 0. The van der Waals surface area contributed by atoms with Crippen molar-refractivity contribution in [1.29, 1.82) is 0 Å². The molecule has 7 nitrogen and oxygen atoms in total. The highest BCUT2D eigenvalue weighted by Gasteiger charge is 2.22. The van der Waals surface area contributed by atoms with Crippen LogP contribution in [-0.4, -0.2) is 49.6 Å². The van der Waals surface area contributed by atoms with Crippen molar-refractivity contribution in [3.8, 4) is 0 Å². The van der Waals surface area contributed by atoms with Gasteiger partial charge >= 0.3 is 0 Å². The average molecular weight is 361 g/mol. The zero-order valence-corrected chi connectivity index (χ0v) is 15.6. The molecule has 0 saturated carbocycles. The van der Waals surface area contributed by atoms with Gasteiger partial charge in [0.05, 0.1) is 12.1 Å². The Bertz CT molecular complexity index is 655. The molecule has 0 bridgehead atoms. The van der Waals surface area contributed by atoms with Gasteiger partial charge < -0.3 is 20.3 Å². The van der Waals surface area contributed by atoms with Crippen LogP contribution in [0.3, 0.4) is 0 Å². The summed E-state index contributed by atoms with van der Waals surface area (Å²) in [6.45, 7) is 7.22. The van der Waals surface area contributed by atoms with Gasteiger partial charge in [-0.3, -0.25) is 14.4 Å². The SMILES string of the molecule is CCOC(C)(C)CNC(=O)CNC(=O)c1ccc(N2CCCC2=O)cc1. The van der Waals surface area contributed by atoms with E-state index >= 15 is 0 Å². The highest BCUT2D eigenvalue weighted by atomic mass is 16.5. The number of anilines is 1. The molecule has 0 unspecified atom stereocenters. The summed E-state index contributed by atoms with van der Waals surface area (Å²) in [5.74, 6) is -0.497. The van der Waals surface area contributed by atoms with Crippen LogP contribution in [0.15, 0.2) is 24.3 Å². The first-order valence-electron chi connectivity index (χ1n) is 8.91. The van der Waals surface area contributed by atoms with E-state index in [2.05, 4.69) is 10.6 Å². The van der Waals surface area contributed by atoms with Crippen molar-refractivity contribution < 1.29 is 19.1 Å². The smallest absolute Gasteiger partial charge is 0.251 e. The predicted octanol–water partition coefficient (Wildman–Crippen LogP) is 1.47. The molecule has 1 aliphatic rings. The standard InChI is InChI=1S/C19H27N3O4/c1-4-26-19(2,3)13-21-16(23)12-20-18(25)14-7-9-15(10-8-14)22-11-5-6-17(22)24/h7-10H,4-6,11-13H2,1-3H3,(H,20,25)(H,21,23). The van der Waals surface area contributed by atoms with Crippen molar-refractivity contribution in [2.24, 2.45) is 0 Å². The van der Waals surface area contributed by atoms with Crippen molar-refractivity contribution in [3.63, 3.8) is 0 Å². The van der Waals surface area contributed by atoms with Crippen LogP contribution in [-0.2, 0) is 14.3 Å². The van der Waals surface area contributed by atoms with Crippen LogP contribution in [0.2, 0.25) is 0 Å². The summed E-state index contributed by atoms with van der Waals surface area (Å²) in [4.78, 5) is 37.5. The first-order valence-corrected chi connectivity index (χ1v) is 8.91. The summed E-state index contributed by atoms with van der Waals surface area (Å²) in [6.07, 6.45) is 1.42. The molecule has 0 spiro atoms. The van der Waals surface area contributed by atoms with Gasteiger partial charge in [-0.15, -0.1) is 0 Å². The average Bonchev–Trinajstić information content (AvgIpc) is 3.04. The Hall–Kier alpha value is -2.41. The van der Waals surface area contributed by atoms with Crippen LogP contribution < -0.4 is 15.5 Å². The van der Waals surface area contributed by atoms with Gasteiger partial charge in [-0.2, -0.15) is 0 Å². The van der Waals surface area contributed by atoms with Gasteiger partial charge in [-0.1, -0.05) is 0 Å². The van der Waals surface area contributed by atoms with Gasteiger partial charge in [0, 0.05) is 37.4 Å². The fraction of sp³-hybridized carbons (Fsp3) is 0.526. The fourth-order valence-electron chi connectivity index (χ4n) is 2.79. The molecule has 3 amide bonds. The number of nitrogens with one attached hydrogen (secondary N) is 2. The zero-order valence-electron chi connectivity index (χ0n) is 15.6. The van der Waals surface area contributed by atoms with Crippen LogP contribution >= 0.6 is 0 Å². The number of amides is 3. The molecule has 2 N–H and O–H groups in total. The molecule has 0 radical (unpaired) electrons. The van der Waals surface area contributed by atoms with Crippen molar-refractivity contribution >= 4 is 23.4 Å². The maximum absolute atomic E-state index is 12.2. The Labute approximate surface area is 154 Å². The Morgan fingerprint density at radius 1 is 1.19 bits per heavy atom. The minimum absolute atomic E-state index is 0.104. The zero-order chi connectivity index (χ0) is 19.2. The van der Waals surface area contributed by atoms with Gasteiger partial charge in [0.25, 0.3) is 5.91 Å². The number of nitrogens with zero attached hydrogens (tertiary/aromatic N) is 1. The van der Waals surface area contributed by atoms with E-state index in [0.29, 0.717) is 31.7 Å². The molecular formula is C19H27N3O4. The monoisotopic (exact) mass is 361 g/mol. The molecule has 142 valence electrons. The highest BCUT2D eigenvalue weighted by molar-refractivity contribution is 5.98. The molecule has 2 rings (SSSR count). The largest absolute Gasteiger partial charge is 0.374 e. The number of benzene rings is 1. The third-order valence-corrected chi connectivity index (χ3v) is 4.17. The van der Waals surface area contributed by atoms with Crippen LogP contribution in [0.1, 0.15) is 44.0 Å². The minimum Gasteiger partial charge on any atom is -0.374 e. The second kappa shape index (κ2) is 8.80. The van der Waals surface area contributed by atoms with E-state index in [9.17, 15) is 14.4 Å². The van der Waals surface area contributed by atoms with E-state index in [1.807, 2.05) is 20.8 Å². The molecule has 0 atom stereocenters. The van der Waals surface area contributed by atoms with Crippen LogP contribution in [0.5, 0.6) is 0 Å². The van der Waals surface area contributed by atoms with E-state index in [4.69, 9.17) is 4.74 Å². The van der Waals surface area contributed by atoms with Gasteiger partial charge in [0.2, 0.25) is 11.8 Å². The Morgan fingerprint density at radius 2 is 1.88 bits per heavy atom. The summed E-state index contributed by atoms with van der Waals surface area (Å²) in [5.41, 5.74) is 0.792. The molecule has 7 heteroatoms. The maximum Gasteiger partial charge on any atom is 0.251 e. The topological polar surface area (TPSA) is 87.7 Å². The minimum atomic E-state index is -0.447. The van der Waals surface area contributed by atoms with Crippen LogP contribution in [0, 0.1) is 0 Å². The number of hydrogen-bond donors (Lipinski definition) is 2. The molecule has 1 saturated heterocycles. The quantitative estimate of drug-likeness (QED) is 0.734. The molecule has 26 heavy (non-hydrogen) atoms. The van der Waals surface area contributed by atoms with Crippen molar-refractivity contribution in [2.75, 3.05) is 31.1 Å². The lowest BCUT2D eigenvalue weighted by atomic mass is 10.1.